The van der Waals surface area contributed by atoms with Crippen LogP contribution in [-0.2, 0) is 5.04 Å². The minimum atomic E-state index is -2.50. The first-order valence-corrected chi connectivity index (χ1v) is 10.9. The van der Waals surface area contributed by atoms with Crippen LogP contribution in [-0.4, -0.2) is 7.38 Å². The average molecular weight is 337 g/mol. The molecule has 3 rings (SSSR count). The van der Waals surface area contributed by atoms with Gasteiger partial charge in [0.05, 0.1) is 0 Å². The Hall–Kier alpha value is -1.83. The summed E-state index contributed by atoms with van der Waals surface area (Å²) in [6.07, 6.45) is 0. The van der Waals surface area contributed by atoms with Gasteiger partial charge in [-0.25, -0.2) is 0 Å². The summed E-state index contributed by atoms with van der Waals surface area (Å²) in [5.41, 5.74) is 1.29. The van der Waals surface area contributed by atoms with Crippen molar-refractivity contribution in [2.75, 3.05) is 0 Å². The first-order chi connectivity index (χ1) is 11.1. The molecule has 0 heterocycles. The third kappa shape index (κ3) is 2.75. The molecule has 0 aliphatic rings. The van der Waals surface area contributed by atoms with Crippen molar-refractivity contribution in [1.29, 1.82) is 0 Å². The summed E-state index contributed by atoms with van der Waals surface area (Å²) >= 11 is 7.56. The standard InChI is InChI=1S/C21H21ClSi/c1-21(2,18-12-6-3-7-13-18)23(22,19-14-8-4-9-15-19)20-16-10-5-11-17-20/h3-17H,1-2H3. The van der Waals surface area contributed by atoms with E-state index in [2.05, 4.69) is 105 Å². The largest absolute Gasteiger partial charge is 0.227 e. The molecule has 0 saturated heterocycles. The first-order valence-electron chi connectivity index (χ1n) is 7.92. The molecule has 0 aromatic heterocycles. The third-order valence-electron chi connectivity index (χ3n) is 4.70. The van der Waals surface area contributed by atoms with Crippen LogP contribution in [0, 0.1) is 0 Å². The van der Waals surface area contributed by atoms with E-state index < -0.39 is 7.38 Å². The summed E-state index contributed by atoms with van der Waals surface area (Å²) in [5, 5.41) is 2.36. The number of hydrogen-bond donors (Lipinski definition) is 0. The van der Waals surface area contributed by atoms with Crippen LogP contribution in [0.5, 0.6) is 0 Å². The Kier molecular flexibility index (Phi) is 4.43. The Bertz CT molecular complexity index is 712. The molecule has 0 unspecified atom stereocenters. The van der Waals surface area contributed by atoms with E-state index in [1.165, 1.54) is 15.9 Å². The highest BCUT2D eigenvalue weighted by Gasteiger charge is 2.50. The maximum atomic E-state index is 7.56. The Morgan fingerprint density at radius 3 is 1.35 bits per heavy atom. The second kappa shape index (κ2) is 6.35. The Morgan fingerprint density at radius 2 is 0.957 bits per heavy atom. The molecule has 0 bridgehead atoms. The summed E-state index contributed by atoms with van der Waals surface area (Å²) in [5.74, 6) is 0. The maximum Gasteiger partial charge on any atom is 0.227 e. The molecule has 0 aliphatic carbocycles. The van der Waals surface area contributed by atoms with Crippen LogP contribution < -0.4 is 10.4 Å². The molecule has 0 radical (unpaired) electrons. The van der Waals surface area contributed by atoms with Gasteiger partial charge in [-0.05, 0) is 15.9 Å². The van der Waals surface area contributed by atoms with E-state index in [-0.39, 0.29) is 5.04 Å². The highest BCUT2D eigenvalue weighted by atomic mass is 35.6. The van der Waals surface area contributed by atoms with Gasteiger partial charge in [0.25, 0.3) is 0 Å². The van der Waals surface area contributed by atoms with E-state index in [0.29, 0.717) is 0 Å². The molecular formula is C21H21ClSi. The second-order valence-corrected chi connectivity index (χ2v) is 11.8. The fourth-order valence-corrected chi connectivity index (χ4v) is 8.01. The summed E-state index contributed by atoms with van der Waals surface area (Å²) < 4.78 is 0. The van der Waals surface area contributed by atoms with Crippen molar-refractivity contribution in [1.82, 2.24) is 0 Å². The lowest BCUT2D eigenvalue weighted by molar-refractivity contribution is 0.741. The molecule has 0 aliphatic heterocycles. The maximum absolute atomic E-state index is 7.56. The average Bonchev–Trinajstić information content (AvgIpc) is 2.63. The molecular weight excluding hydrogens is 316 g/mol. The van der Waals surface area contributed by atoms with Crippen LogP contribution in [0.2, 0.25) is 0 Å². The molecule has 3 aromatic rings. The molecule has 3 aromatic carbocycles. The van der Waals surface area contributed by atoms with E-state index in [0.717, 1.165) is 0 Å². The topological polar surface area (TPSA) is 0 Å². The molecule has 116 valence electrons. The highest BCUT2D eigenvalue weighted by Crippen LogP contribution is 2.36. The number of hydrogen-bond acceptors (Lipinski definition) is 0. The van der Waals surface area contributed by atoms with E-state index >= 15 is 0 Å². The van der Waals surface area contributed by atoms with Crippen molar-refractivity contribution in [3.8, 4) is 0 Å². The smallest absolute Gasteiger partial charge is 0.154 e. The van der Waals surface area contributed by atoms with Crippen LogP contribution in [0.4, 0.5) is 0 Å². The lowest BCUT2D eigenvalue weighted by Gasteiger charge is -2.41. The molecule has 0 amide bonds. The van der Waals surface area contributed by atoms with Gasteiger partial charge in [-0.2, -0.15) is 11.1 Å². The zero-order valence-electron chi connectivity index (χ0n) is 13.5. The Morgan fingerprint density at radius 1 is 0.609 bits per heavy atom. The van der Waals surface area contributed by atoms with Gasteiger partial charge in [0.15, 0.2) is 0 Å². The predicted octanol–water partition coefficient (Wildman–Crippen LogP) is 4.50. The second-order valence-electron chi connectivity index (χ2n) is 6.38. The summed E-state index contributed by atoms with van der Waals surface area (Å²) in [6, 6.07) is 31.8. The summed E-state index contributed by atoms with van der Waals surface area (Å²) in [6.45, 7) is 4.56. The molecule has 0 N–H and O–H groups in total. The summed E-state index contributed by atoms with van der Waals surface area (Å²) in [7, 11) is -2.50. The molecule has 0 saturated carbocycles. The highest BCUT2D eigenvalue weighted by molar-refractivity contribution is 7.35. The van der Waals surface area contributed by atoms with Gasteiger partial charge < -0.3 is 0 Å². The third-order valence-corrected chi connectivity index (χ3v) is 11.7. The fourth-order valence-electron chi connectivity index (χ4n) is 3.28. The van der Waals surface area contributed by atoms with Gasteiger partial charge in [0.2, 0.25) is 7.38 Å². The van der Waals surface area contributed by atoms with Crippen LogP contribution in [0.15, 0.2) is 91.0 Å². The van der Waals surface area contributed by atoms with Gasteiger partial charge in [0, 0.05) is 5.04 Å². The minimum Gasteiger partial charge on any atom is -0.154 e. The zero-order chi connectivity index (χ0) is 16.3. The van der Waals surface area contributed by atoms with Gasteiger partial charge in [-0.1, -0.05) is 105 Å². The minimum absolute atomic E-state index is 0.140. The van der Waals surface area contributed by atoms with Crippen molar-refractivity contribution in [3.63, 3.8) is 0 Å². The first kappa shape index (κ1) is 16.0. The normalized spacial score (nSPS) is 12.1. The van der Waals surface area contributed by atoms with Crippen LogP contribution in [0.25, 0.3) is 0 Å². The van der Waals surface area contributed by atoms with Crippen molar-refractivity contribution >= 4 is 28.8 Å². The lowest BCUT2D eigenvalue weighted by Crippen LogP contribution is -2.65. The van der Waals surface area contributed by atoms with Gasteiger partial charge in [0.1, 0.15) is 0 Å². The van der Waals surface area contributed by atoms with Crippen LogP contribution in [0.1, 0.15) is 19.4 Å². The van der Waals surface area contributed by atoms with Crippen molar-refractivity contribution in [2.24, 2.45) is 0 Å². The fraction of sp³-hybridized carbons (Fsp3) is 0.143. The van der Waals surface area contributed by atoms with Gasteiger partial charge in [-0.3, -0.25) is 0 Å². The molecule has 0 nitrogen and oxygen atoms in total. The van der Waals surface area contributed by atoms with Crippen molar-refractivity contribution in [3.05, 3.63) is 96.6 Å². The number of halogens is 1. The van der Waals surface area contributed by atoms with Crippen LogP contribution >= 0.6 is 11.1 Å². The quantitative estimate of drug-likeness (QED) is 0.486. The predicted molar refractivity (Wildman–Crippen MR) is 103 cm³/mol. The van der Waals surface area contributed by atoms with Gasteiger partial charge in [-0.15, -0.1) is 0 Å². The van der Waals surface area contributed by atoms with Crippen molar-refractivity contribution < 1.29 is 0 Å². The zero-order valence-corrected chi connectivity index (χ0v) is 15.3. The molecule has 0 fully saturated rings. The molecule has 23 heavy (non-hydrogen) atoms. The molecule has 0 spiro atoms. The monoisotopic (exact) mass is 336 g/mol. The Labute approximate surface area is 144 Å². The van der Waals surface area contributed by atoms with Gasteiger partial charge >= 0.3 is 0 Å². The number of rotatable bonds is 4. The SMILES string of the molecule is CC(C)(c1ccccc1)[Si](Cl)(c1ccccc1)c1ccccc1. The van der Waals surface area contributed by atoms with Crippen LogP contribution in [0.3, 0.4) is 0 Å². The molecule has 0 atom stereocenters. The Balaban J connectivity index is 2.25. The van der Waals surface area contributed by atoms with E-state index in [1.807, 2.05) is 0 Å². The van der Waals surface area contributed by atoms with Crippen molar-refractivity contribution in [2.45, 2.75) is 18.9 Å². The van der Waals surface area contributed by atoms with E-state index in [4.69, 9.17) is 11.1 Å². The van der Waals surface area contributed by atoms with E-state index in [1.54, 1.807) is 0 Å². The number of benzene rings is 3. The summed E-state index contributed by atoms with van der Waals surface area (Å²) in [4.78, 5) is 0. The molecule has 2 heteroatoms. The lowest BCUT2D eigenvalue weighted by atomic mass is 10.0. The van der Waals surface area contributed by atoms with E-state index in [9.17, 15) is 0 Å².